The molecule has 0 spiro atoms. The number of hydrogen-bond acceptors (Lipinski definition) is 12. The van der Waals surface area contributed by atoms with Gasteiger partial charge >= 0.3 is 11.9 Å². The minimum absolute atomic E-state index is 0.0499. The van der Waals surface area contributed by atoms with Gasteiger partial charge in [-0.25, -0.2) is 4.79 Å². The fourth-order valence-corrected chi connectivity index (χ4v) is 5.67. The zero-order valence-corrected chi connectivity index (χ0v) is 27.3. The number of methoxy groups -OCH3 is 1. The first-order valence-electron chi connectivity index (χ1n) is 16.6. The van der Waals surface area contributed by atoms with Crippen molar-refractivity contribution in [3.8, 4) is 11.5 Å². The van der Waals surface area contributed by atoms with Crippen molar-refractivity contribution < 1.29 is 54.1 Å². The average Bonchev–Trinajstić information content (AvgIpc) is 3.30. The summed E-state index contributed by atoms with van der Waals surface area (Å²) < 4.78 is 15.9. The minimum Gasteiger partial charge on any atom is -0.493 e. The number of aliphatic hydroxyl groups is 2. The smallest absolute Gasteiger partial charge is 0.338 e. The summed E-state index contributed by atoms with van der Waals surface area (Å²) in [5.41, 5.74) is 0.224. The van der Waals surface area contributed by atoms with E-state index >= 15 is 0 Å². The molecule has 260 valence electrons. The van der Waals surface area contributed by atoms with Crippen LogP contribution in [0.2, 0.25) is 0 Å². The van der Waals surface area contributed by atoms with E-state index in [1.807, 2.05) is 12.2 Å². The summed E-state index contributed by atoms with van der Waals surface area (Å²) in [5, 5.41) is 37.6. The van der Waals surface area contributed by atoms with E-state index in [9.17, 15) is 24.6 Å². The van der Waals surface area contributed by atoms with E-state index in [1.165, 1.54) is 38.2 Å². The minimum atomic E-state index is -0.601. The Morgan fingerprint density at radius 2 is 1.61 bits per heavy atom. The van der Waals surface area contributed by atoms with Gasteiger partial charge in [-0.2, -0.15) is 0 Å². The summed E-state index contributed by atoms with van der Waals surface area (Å²) in [6.45, 7) is 2.32. The Labute approximate surface area is 272 Å². The van der Waals surface area contributed by atoms with Gasteiger partial charge in [-0.15, -0.1) is 0 Å². The number of allylic oxidation sites excluding steroid dienone is 2. The van der Waals surface area contributed by atoms with Gasteiger partial charge < -0.3 is 24.4 Å². The van der Waals surface area contributed by atoms with Crippen LogP contribution in [-0.4, -0.2) is 76.3 Å². The molecule has 0 radical (unpaired) electrons. The first-order valence-corrected chi connectivity index (χ1v) is 16.6. The van der Waals surface area contributed by atoms with Gasteiger partial charge in [0.25, 0.3) is 0 Å². The molecule has 0 amide bonds. The summed E-state index contributed by atoms with van der Waals surface area (Å²) in [7, 11) is 1.40. The van der Waals surface area contributed by atoms with Crippen LogP contribution in [-0.2, 0) is 19.2 Å². The van der Waals surface area contributed by atoms with Crippen molar-refractivity contribution in [3.63, 3.8) is 0 Å². The second-order valence-corrected chi connectivity index (χ2v) is 11.8. The predicted octanol–water partition coefficient (Wildman–Crippen LogP) is 5.73. The molecule has 12 heteroatoms. The summed E-state index contributed by atoms with van der Waals surface area (Å²) in [4.78, 5) is 41.5. The molecule has 0 unspecified atom stereocenters. The van der Waals surface area contributed by atoms with Gasteiger partial charge in [-0.3, -0.25) is 24.8 Å². The third-order valence-electron chi connectivity index (χ3n) is 8.27. The highest BCUT2D eigenvalue weighted by Crippen LogP contribution is 2.38. The number of benzene rings is 1. The molecule has 4 N–H and O–H groups in total. The molecule has 1 aromatic carbocycles. The van der Waals surface area contributed by atoms with Gasteiger partial charge in [-0.05, 0) is 81.4 Å². The molecule has 1 aliphatic carbocycles. The Morgan fingerprint density at radius 3 is 2.35 bits per heavy atom. The van der Waals surface area contributed by atoms with Crippen LogP contribution >= 0.6 is 0 Å². The molecule has 46 heavy (non-hydrogen) atoms. The summed E-state index contributed by atoms with van der Waals surface area (Å²) in [6, 6.07) is 4.37. The average molecular weight is 652 g/mol. The lowest BCUT2D eigenvalue weighted by Crippen LogP contribution is -2.22. The fraction of sp³-hybridized carbons (Fsp3) is 0.676. The van der Waals surface area contributed by atoms with Crippen molar-refractivity contribution in [2.45, 2.75) is 115 Å². The summed E-state index contributed by atoms with van der Waals surface area (Å²) in [5.74, 6) is -0.597. The third kappa shape index (κ3) is 15.1. The van der Waals surface area contributed by atoms with Gasteiger partial charge in [-0.1, -0.05) is 44.8 Å². The van der Waals surface area contributed by atoms with Gasteiger partial charge in [0.15, 0.2) is 11.5 Å². The first-order chi connectivity index (χ1) is 22.2. The molecular formula is C34H53NO11. The lowest BCUT2D eigenvalue weighted by molar-refractivity contribution is -0.492. The predicted molar refractivity (Wildman–Crippen MR) is 168 cm³/mol. The van der Waals surface area contributed by atoms with E-state index in [0.29, 0.717) is 57.8 Å². The number of esters is 2. The van der Waals surface area contributed by atoms with Gasteiger partial charge in [0, 0.05) is 19.3 Å². The lowest BCUT2D eigenvalue weighted by atomic mass is 9.86. The van der Waals surface area contributed by atoms with Crippen molar-refractivity contribution >= 4 is 17.7 Å². The zero-order valence-electron chi connectivity index (χ0n) is 27.3. The molecule has 2 rings (SSSR count). The normalized spacial score (nSPS) is 19.5. The Hall–Kier alpha value is -2.87. The van der Waals surface area contributed by atoms with Crippen molar-refractivity contribution in [3.05, 3.63) is 35.9 Å². The summed E-state index contributed by atoms with van der Waals surface area (Å²) in [6.07, 6.45) is 13.1. The molecule has 0 bridgehead atoms. The Morgan fingerprint density at radius 1 is 0.870 bits per heavy atom. The number of Topliss-reactive ketones (excluding diaryl/α,β-unsaturated/α-hetero) is 1. The van der Waals surface area contributed by atoms with Crippen LogP contribution in [0.25, 0.3) is 0 Å². The van der Waals surface area contributed by atoms with Gasteiger partial charge in [0.2, 0.25) is 0 Å². The summed E-state index contributed by atoms with van der Waals surface area (Å²) >= 11 is 0. The molecule has 0 aromatic heterocycles. The van der Waals surface area contributed by atoms with Gasteiger partial charge in [0.05, 0.1) is 43.5 Å². The maximum Gasteiger partial charge on any atom is 0.338 e. The number of hydrogen-bond donors (Lipinski definition) is 4. The van der Waals surface area contributed by atoms with Crippen LogP contribution in [0.3, 0.4) is 0 Å². The van der Waals surface area contributed by atoms with Crippen LogP contribution in [0, 0.1) is 11.8 Å². The van der Waals surface area contributed by atoms with Crippen LogP contribution < -0.4 is 9.47 Å². The standard InChI is InChI=1S/C34H53NO11/c1-3-4-5-6-9-14-26(36)18-19-28-27(29(37)24-30(28)38)15-10-7-8-11-16-33(39)46-31-20-17-25(23-32(31)43-2)34(40)44-21-12-13-22-45-35(41)42/h7,10,17,20,23,27-30,37-38,41-42H,3-6,8-9,11-16,18-19,21-22,24H2,1-2H3/b10-7-/t27-,28-,29+,30-/m1/s1. The Balaban J connectivity index is 1.71. The van der Waals surface area contributed by atoms with Crippen molar-refractivity contribution in [2.24, 2.45) is 11.8 Å². The quantitative estimate of drug-likeness (QED) is 0.0352. The van der Waals surface area contributed by atoms with Crippen LogP contribution in [0.15, 0.2) is 30.4 Å². The molecule has 12 nitrogen and oxygen atoms in total. The molecule has 0 aliphatic heterocycles. The maximum atomic E-state index is 12.4. The number of unbranched alkanes of at least 4 members (excludes halogenated alkanes) is 6. The fourth-order valence-electron chi connectivity index (χ4n) is 5.67. The molecule has 1 aliphatic rings. The van der Waals surface area contributed by atoms with Crippen molar-refractivity contribution in [1.82, 2.24) is 5.39 Å². The Kier molecular flexibility index (Phi) is 19.3. The largest absolute Gasteiger partial charge is 0.493 e. The van der Waals surface area contributed by atoms with E-state index in [0.717, 1.165) is 19.3 Å². The lowest BCUT2D eigenvalue weighted by Gasteiger charge is -2.22. The van der Waals surface area contributed by atoms with E-state index in [4.69, 9.17) is 24.6 Å². The first kappa shape index (κ1) is 39.3. The highest BCUT2D eigenvalue weighted by Gasteiger charge is 2.40. The Bertz CT molecular complexity index is 1080. The van der Waals surface area contributed by atoms with E-state index < -0.39 is 24.1 Å². The van der Waals surface area contributed by atoms with E-state index in [2.05, 4.69) is 11.8 Å². The third-order valence-corrected chi connectivity index (χ3v) is 8.27. The second kappa shape index (κ2) is 22.6. The number of aliphatic hydroxyl groups excluding tert-OH is 2. The SMILES string of the molecule is CCCCCCCC(=O)CC[C@@H]1[C@@H](C/C=C\CCCC(=O)Oc2ccc(C(=O)OCCCCON(O)O)cc2OC)[C@@H](O)C[C@H]1O. The van der Waals surface area contributed by atoms with Gasteiger partial charge in [0.1, 0.15) is 5.78 Å². The number of nitrogens with zero attached hydrogens (tertiary/aromatic N) is 1. The van der Waals surface area contributed by atoms with Crippen molar-refractivity contribution in [1.29, 1.82) is 0 Å². The van der Waals surface area contributed by atoms with Crippen molar-refractivity contribution in [2.75, 3.05) is 20.3 Å². The monoisotopic (exact) mass is 651 g/mol. The van der Waals surface area contributed by atoms with E-state index in [1.54, 1.807) is 0 Å². The van der Waals surface area contributed by atoms with Crippen LogP contribution in [0.1, 0.15) is 114 Å². The molecule has 1 aromatic rings. The molecule has 0 saturated heterocycles. The molecule has 1 fully saturated rings. The number of ether oxygens (including phenoxy) is 3. The number of carbonyl (C=O) groups is 3. The molecule has 0 heterocycles. The number of ketones is 1. The van der Waals surface area contributed by atoms with Crippen LogP contribution in [0.4, 0.5) is 0 Å². The topological polar surface area (TPSA) is 172 Å². The van der Waals surface area contributed by atoms with Crippen LogP contribution in [0.5, 0.6) is 11.5 Å². The molecule has 1 saturated carbocycles. The highest BCUT2D eigenvalue weighted by molar-refractivity contribution is 5.90. The zero-order chi connectivity index (χ0) is 33.7. The van der Waals surface area contributed by atoms with E-state index in [-0.39, 0.29) is 59.7 Å². The number of rotatable bonds is 24. The number of carbonyl (C=O) groups excluding carboxylic acids is 3. The second-order valence-electron chi connectivity index (χ2n) is 11.8. The molecule has 4 atom stereocenters. The maximum absolute atomic E-state index is 12.4. The molecular weight excluding hydrogens is 598 g/mol. The highest BCUT2D eigenvalue weighted by atomic mass is 17.1.